The molecule has 10 heteroatoms. The molecule has 0 aliphatic carbocycles. The standard InChI is InChI=1S/C24H31N3O3.2CH2O2/c1-17-14-18-4-2-3-5-21(18)25-22(17)27-12-8-24(9-13-27)15-20(30-23(24)29)16-26-10-6-19(28)7-11-26;2*2-1-3/h2-5,14,19-20,28H,6-13,15-16H2,1H3;2*1H,(H,2,3). The summed E-state index contributed by atoms with van der Waals surface area (Å²) in [6, 6.07) is 10.4. The van der Waals surface area contributed by atoms with Crippen LogP contribution in [0, 0.1) is 12.3 Å². The van der Waals surface area contributed by atoms with Crippen LogP contribution in [0.15, 0.2) is 30.3 Å². The number of cyclic esters (lactones) is 1. The number of piperidine rings is 2. The Labute approximate surface area is 210 Å². The first-order valence-electron chi connectivity index (χ1n) is 12.2. The fraction of sp³-hybridized carbons (Fsp3) is 0.538. The Morgan fingerprint density at radius 3 is 2.33 bits per heavy atom. The molecule has 2 aromatic rings. The molecule has 1 aromatic carbocycles. The third-order valence-electron chi connectivity index (χ3n) is 7.25. The average molecular weight is 502 g/mol. The maximum absolute atomic E-state index is 12.8. The molecule has 3 N–H and O–H groups in total. The number of fused-ring (bicyclic) bond motifs is 1. The van der Waals surface area contributed by atoms with Crippen molar-refractivity contribution in [1.82, 2.24) is 9.88 Å². The first-order chi connectivity index (χ1) is 17.4. The Balaban J connectivity index is 0.000000550. The fourth-order valence-corrected chi connectivity index (χ4v) is 5.42. The van der Waals surface area contributed by atoms with Crippen LogP contribution < -0.4 is 4.90 Å². The molecule has 0 radical (unpaired) electrons. The van der Waals surface area contributed by atoms with Crippen LogP contribution in [0.5, 0.6) is 0 Å². The molecule has 1 spiro atoms. The van der Waals surface area contributed by atoms with Crippen molar-refractivity contribution in [3.8, 4) is 0 Å². The Bertz CT molecular complexity index is 1030. The number of carboxylic acid groups (broad SMARTS) is 2. The van der Waals surface area contributed by atoms with Gasteiger partial charge < -0.3 is 25.0 Å². The highest BCUT2D eigenvalue weighted by atomic mass is 16.6. The number of esters is 1. The molecule has 3 aliphatic rings. The highest BCUT2D eigenvalue weighted by Crippen LogP contribution is 2.44. The van der Waals surface area contributed by atoms with Gasteiger partial charge in [-0.25, -0.2) is 4.98 Å². The molecule has 196 valence electrons. The summed E-state index contributed by atoms with van der Waals surface area (Å²) in [6.07, 6.45) is 3.93. The summed E-state index contributed by atoms with van der Waals surface area (Å²) in [7, 11) is 0. The summed E-state index contributed by atoms with van der Waals surface area (Å²) >= 11 is 0. The van der Waals surface area contributed by atoms with Crippen molar-refractivity contribution >= 4 is 35.6 Å². The second-order valence-electron chi connectivity index (χ2n) is 9.56. The number of hydrogen-bond acceptors (Lipinski definition) is 8. The van der Waals surface area contributed by atoms with Gasteiger partial charge in [-0.1, -0.05) is 18.2 Å². The maximum atomic E-state index is 12.8. The number of pyridine rings is 1. The van der Waals surface area contributed by atoms with Crippen molar-refractivity contribution in [1.29, 1.82) is 0 Å². The van der Waals surface area contributed by atoms with Crippen LogP contribution in [-0.4, -0.2) is 89.0 Å². The van der Waals surface area contributed by atoms with Crippen molar-refractivity contribution in [3.63, 3.8) is 0 Å². The zero-order chi connectivity index (χ0) is 26.1. The lowest BCUT2D eigenvalue weighted by Crippen LogP contribution is -2.43. The predicted molar refractivity (Wildman–Crippen MR) is 134 cm³/mol. The Kier molecular flexibility index (Phi) is 9.60. The van der Waals surface area contributed by atoms with Gasteiger partial charge in [0.05, 0.1) is 17.0 Å². The lowest BCUT2D eigenvalue weighted by atomic mass is 9.76. The zero-order valence-corrected chi connectivity index (χ0v) is 20.6. The van der Waals surface area contributed by atoms with E-state index in [1.54, 1.807) is 0 Å². The van der Waals surface area contributed by atoms with Gasteiger partial charge in [0.1, 0.15) is 11.9 Å². The van der Waals surface area contributed by atoms with Crippen LogP contribution in [0.3, 0.4) is 0 Å². The van der Waals surface area contributed by atoms with E-state index in [4.69, 9.17) is 29.5 Å². The van der Waals surface area contributed by atoms with Gasteiger partial charge in [0.25, 0.3) is 12.9 Å². The third-order valence-corrected chi connectivity index (χ3v) is 7.25. The number of aryl methyl sites for hydroxylation is 1. The van der Waals surface area contributed by atoms with E-state index in [9.17, 15) is 9.90 Å². The molecule has 0 amide bonds. The van der Waals surface area contributed by atoms with Crippen LogP contribution in [0.1, 0.15) is 37.7 Å². The lowest BCUT2D eigenvalue weighted by molar-refractivity contribution is -0.150. The molecule has 1 atom stereocenters. The predicted octanol–water partition coefficient (Wildman–Crippen LogP) is 2.30. The van der Waals surface area contributed by atoms with E-state index in [2.05, 4.69) is 34.9 Å². The molecule has 5 rings (SSSR count). The summed E-state index contributed by atoms with van der Waals surface area (Å²) in [4.78, 5) is 39.1. The first-order valence-corrected chi connectivity index (χ1v) is 12.2. The van der Waals surface area contributed by atoms with Crippen molar-refractivity contribution in [3.05, 3.63) is 35.9 Å². The number of para-hydroxylation sites is 1. The quantitative estimate of drug-likeness (QED) is 0.424. The van der Waals surface area contributed by atoms with Crippen LogP contribution in [0.4, 0.5) is 5.82 Å². The Hall–Kier alpha value is -3.24. The van der Waals surface area contributed by atoms with Crippen LogP contribution >= 0.6 is 0 Å². The smallest absolute Gasteiger partial charge is 0.312 e. The van der Waals surface area contributed by atoms with E-state index in [1.807, 2.05) is 12.1 Å². The first kappa shape index (κ1) is 27.3. The van der Waals surface area contributed by atoms with E-state index >= 15 is 0 Å². The van der Waals surface area contributed by atoms with Gasteiger partial charge in [-0.15, -0.1) is 0 Å². The number of benzene rings is 1. The maximum Gasteiger partial charge on any atom is 0.312 e. The fourth-order valence-electron chi connectivity index (χ4n) is 5.42. The largest absolute Gasteiger partial charge is 0.483 e. The summed E-state index contributed by atoms with van der Waals surface area (Å²) in [5, 5.41) is 24.6. The van der Waals surface area contributed by atoms with E-state index in [1.165, 1.54) is 10.9 Å². The van der Waals surface area contributed by atoms with Crippen LogP contribution in [0.2, 0.25) is 0 Å². The monoisotopic (exact) mass is 501 g/mol. The van der Waals surface area contributed by atoms with Crippen molar-refractivity contribution < 1.29 is 34.4 Å². The number of aliphatic hydroxyl groups excluding tert-OH is 1. The van der Waals surface area contributed by atoms with E-state index in [-0.39, 0.29) is 36.5 Å². The van der Waals surface area contributed by atoms with Gasteiger partial charge >= 0.3 is 5.97 Å². The van der Waals surface area contributed by atoms with E-state index in [0.29, 0.717) is 0 Å². The highest BCUT2D eigenvalue weighted by Gasteiger charge is 2.50. The second-order valence-corrected chi connectivity index (χ2v) is 9.56. The highest BCUT2D eigenvalue weighted by molar-refractivity contribution is 5.82. The van der Waals surface area contributed by atoms with Gasteiger partial charge in [-0.3, -0.25) is 19.3 Å². The number of ether oxygens (including phenoxy) is 1. The average Bonchev–Trinajstić information content (AvgIpc) is 3.15. The molecule has 1 unspecified atom stereocenters. The second kappa shape index (κ2) is 12.6. The van der Waals surface area contributed by atoms with E-state index in [0.717, 1.165) is 76.2 Å². The SMILES string of the molecule is Cc1cc2ccccc2nc1N1CCC2(CC1)CC(CN1CCC(O)CC1)OC2=O.O=CO.O=CO. The molecular weight excluding hydrogens is 466 g/mol. The molecule has 3 fully saturated rings. The number of aliphatic hydroxyl groups is 1. The molecule has 3 aliphatic heterocycles. The van der Waals surface area contributed by atoms with Gasteiger partial charge in [0.15, 0.2) is 0 Å². The molecule has 1 aromatic heterocycles. The minimum atomic E-state index is -0.332. The number of hydrogen-bond donors (Lipinski definition) is 3. The minimum absolute atomic E-state index is 0.00705. The molecule has 10 nitrogen and oxygen atoms in total. The number of carbonyl (C=O) groups is 3. The molecule has 36 heavy (non-hydrogen) atoms. The number of aromatic nitrogens is 1. The third kappa shape index (κ3) is 6.50. The number of rotatable bonds is 3. The normalized spacial score (nSPS) is 21.7. The van der Waals surface area contributed by atoms with E-state index < -0.39 is 0 Å². The molecule has 3 saturated heterocycles. The molecule has 0 bridgehead atoms. The minimum Gasteiger partial charge on any atom is -0.483 e. The van der Waals surface area contributed by atoms with Crippen molar-refractivity contribution in [2.24, 2.45) is 5.41 Å². The summed E-state index contributed by atoms with van der Waals surface area (Å²) in [5.74, 6) is 1.03. The van der Waals surface area contributed by atoms with Crippen LogP contribution in [-0.2, 0) is 19.1 Å². The summed E-state index contributed by atoms with van der Waals surface area (Å²) in [6.45, 7) is 5.88. The summed E-state index contributed by atoms with van der Waals surface area (Å²) in [5.41, 5.74) is 1.87. The zero-order valence-electron chi connectivity index (χ0n) is 20.6. The Morgan fingerprint density at radius 2 is 1.69 bits per heavy atom. The molecule has 4 heterocycles. The Morgan fingerprint density at radius 1 is 1.08 bits per heavy atom. The van der Waals surface area contributed by atoms with Gasteiger partial charge in [0, 0.05) is 44.5 Å². The van der Waals surface area contributed by atoms with Gasteiger partial charge in [0.2, 0.25) is 0 Å². The van der Waals surface area contributed by atoms with Crippen LogP contribution in [0.25, 0.3) is 10.9 Å². The summed E-state index contributed by atoms with van der Waals surface area (Å²) < 4.78 is 5.83. The number of anilines is 1. The number of likely N-dealkylation sites (tertiary alicyclic amines) is 1. The molecule has 0 saturated carbocycles. The lowest BCUT2D eigenvalue weighted by Gasteiger charge is -2.38. The number of nitrogens with zero attached hydrogens (tertiary/aromatic N) is 3. The van der Waals surface area contributed by atoms with Gasteiger partial charge in [-0.2, -0.15) is 0 Å². The number of carbonyl (C=O) groups excluding carboxylic acids is 1. The van der Waals surface area contributed by atoms with Gasteiger partial charge in [-0.05, 0) is 50.3 Å². The van der Waals surface area contributed by atoms with Crippen molar-refractivity contribution in [2.45, 2.75) is 51.2 Å². The van der Waals surface area contributed by atoms with Crippen molar-refractivity contribution in [2.75, 3.05) is 37.6 Å². The molecular formula is C26H35N3O7. The topological polar surface area (TPSA) is 140 Å².